The second kappa shape index (κ2) is 6.88. The van der Waals surface area contributed by atoms with Gasteiger partial charge in [-0.2, -0.15) is 0 Å². The summed E-state index contributed by atoms with van der Waals surface area (Å²) in [6, 6.07) is 0.713. The highest BCUT2D eigenvalue weighted by Crippen LogP contribution is 2.18. The summed E-state index contributed by atoms with van der Waals surface area (Å²) in [6.45, 7) is 12.3. The van der Waals surface area contributed by atoms with E-state index in [4.69, 9.17) is 0 Å². The van der Waals surface area contributed by atoms with Gasteiger partial charge in [-0.1, -0.05) is 20.3 Å². The first kappa shape index (κ1) is 14.3. The average Bonchev–Trinajstić information content (AvgIpc) is 2.38. The van der Waals surface area contributed by atoms with Crippen LogP contribution in [-0.2, 0) is 0 Å². The van der Waals surface area contributed by atoms with Gasteiger partial charge in [-0.15, -0.1) is 0 Å². The maximum Gasteiger partial charge on any atom is 0.0221 e. The Morgan fingerprint density at radius 3 is 2.83 bits per heavy atom. The van der Waals surface area contributed by atoms with Crippen molar-refractivity contribution in [3.63, 3.8) is 0 Å². The second-order valence-electron chi connectivity index (χ2n) is 6.48. The molecule has 3 unspecified atom stereocenters. The number of nitrogens with one attached hydrogen (secondary N) is 1. The van der Waals surface area contributed by atoms with Gasteiger partial charge < -0.3 is 15.1 Å². The molecule has 0 aromatic rings. The Labute approximate surface area is 113 Å². The molecular formula is C15H31N3. The molecule has 106 valence electrons. The van der Waals surface area contributed by atoms with Crippen molar-refractivity contribution in [2.24, 2.45) is 11.8 Å². The van der Waals surface area contributed by atoms with Crippen molar-refractivity contribution in [2.75, 3.05) is 46.3 Å². The minimum Gasteiger partial charge on any atom is -0.311 e. The van der Waals surface area contributed by atoms with Gasteiger partial charge in [0.1, 0.15) is 0 Å². The SMILES string of the molecule is CCC(C)C1CN(CC2CCCN(C)C2)CCN1. The third-order valence-electron chi connectivity index (χ3n) is 4.86. The van der Waals surface area contributed by atoms with Crippen LogP contribution in [0.2, 0.25) is 0 Å². The van der Waals surface area contributed by atoms with E-state index in [9.17, 15) is 0 Å². The van der Waals surface area contributed by atoms with Crippen LogP contribution in [0.15, 0.2) is 0 Å². The summed E-state index contributed by atoms with van der Waals surface area (Å²) >= 11 is 0. The fourth-order valence-corrected chi connectivity index (χ4v) is 3.46. The number of nitrogens with zero attached hydrogens (tertiary/aromatic N) is 2. The molecule has 0 aromatic heterocycles. The number of hydrogen-bond donors (Lipinski definition) is 1. The molecule has 2 heterocycles. The summed E-state index contributed by atoms with van der Waals surface area (Å²) in [7, 11) is 2.27. The quantitative estimate of drug-likeness (QED) is 0.822. The van der Waals surface area contributed by atoms with E-state index in [1.807, 2.05) is 0 Å². The number of hydrogen-bond acceptors (Lipinski definition) is 3. The lowest BCUT2D eigenvalue weighted by Crippen LogP contribution is -2.54. The standard InChI is InChI=1S/C15H31N3/c1-4-13(2)15-12-18(9-7-16-15)11-14-6-5-8-17(3)10-14/h13-16H,4-12H2,1-3H3. The normalized spacial score (nSPS) is 33.5. The van der Waals surface area contributed by atoms with Gasteiger partial charge in [-0.25, -0.2) is 0 Å². The van der Waals surface area contributed by atoms with Crippen molar-refractivity contribution >= 4 is 0 Å². The number of piperazine rings is 1. The van der Waals surface area contributed by atoms with E-state index in [1.165, 1.54) is 58.5 Å². The van der Waals surface area contributed by atoms with Crippen molar-refractivity contribution in [1.82, 2.24) is 15.1 Å². The lowest BCUT2D eigenvalue weighted by Gasteiger charge is -2.40. The summed E-state index contributed by atoms with van der Waals surface area (Å²) in [5, 5.41) is 3.69. The zero-order chi connectivity index (χ0) is 13.0. The van der Waals surface area contributed by atoms with Crippen LogP contribution < -0.4 is 5.32 Å². The molecule has 0 bridgehead atoms. The van der Waals surface area contributed by atoms with E-state index in [-0.39, 0.29) is 0 Å². The van der Waals surface area contributed by atoms with Crippen LogP contribution in [-0.4, -0.2) is 62.2 Å². The topological polar surface area (TPSA) is 18.5 Å². The van der Waals surface area contributed by atoms with Crippen LogP contribution in [0.3, 0.4) is 0 Å². The smallest absolute Gasteiger partial charge is 0.0221 e. The number of rotatable bonds is 4. The molecule has 2 saturated heterocycles. The van der Waals surface area contributed by atoms with Gasteiger partial charge in [0.05, 0.1) is 0 Å². The van der Waals surface area contributed by atoms with Crippen LogP contribution in [0, 0.1) is 11.8 Å². The molecule has 3 nitrogen and oxygen atoms in total. The first-order valence-electron chi connectivity index (χ1n) is 7.83. The molecule has 0 amide bonds. The van der Waals surface area contributed by atoms with E-state index in [0.717, 1.165) is 11.8 Å². The average molecular weight is 253 g/mol. The number of piperidine rings is 1. The predicted molar refractivity (Wildman–Crippen MR) is 77.9 cm³/mol. The zero-order valence-electron chi connectivity index (χ0n) is 12.5. The van der Waals surface area contributed by atoms with Crippen molar-refractivity contribution in [3.8, 4) is 0 Å². The molecule has 2 aliphatic rings. The first-order chi connectivity index (χ1) is 8.69. The lowest BCUT2D eigenvalue weighted by molar-refractivity contribution is 0.115. The molecule has 2 aliphatic heterocycles. The Hall–Kier alpha value is -0.120. The minimum atomic E-state index is 0.713. The van der Waals surface area contributed by atoms with Gasteiger partial charge in [-0.3, -0.25) is 0 Å². The molecule has 0 radical (unpaired) electrons. The van der Waals surface area contributed by atoms with Gasteiger partial charge in [-0.05, 0) is 38.3 Å². The van der Waals surface area contributed by atoms with E-state index in [1.54, 1.807) is 0 Å². The Morgan fingerprint density at radius 1 is 1.28 bits per heavy atom. The van der Waals surface area contributed by atoms with Gasteiger partial charge in [0, 0.05) is 38.8 Å². The first-order valence-corrected chi connectivity index (χ1v) is 7.83. The maximum atomic E-state index is 3.69. The molecule has 1 N–H and O–H groups in total. The second-order valence-corrected chi connectivity index (χ2v) is 6.48. The molecule has 0 aliphatic carbocycles. The summed E-state index contributed by atoms with van der Waals surface area (Å²) < 4.78 is 0. The number of likely N-dealkylation sites (tertiary alicyclic amines) is 1. The van der Waals surface area contributed by atoms with Crippen LogP contribution in [0.5, 0.6) is 0 Å². The monoisotopic (exact) mass is 253 g/mol. The van der Waals surface area contributed by atoms with Gasteiger partial charge in [0.15, 0.2) is 0 Å². The van der Waals surface area contributed by atoms with Gasteiger partial charge >= 0.3 is 0 Å². The molecule has 2 rings (SSSR count). The predicted octanol–water partition coefficient (Wildman–Crippen LogP) is 1.65. The van der Waals surface area contributed by atoms with Crippen LogP contribution >= 0.6 is 0 Å². The maximum absolute atomic E-state index is 3.69. The Kier molecular flexibility index (Phi) is 5.46. The van der Waals surface area contributed by atoms with E-state index >= 15 is 0 Å². The van der Waals surface area contributed by atoms with Crippen molar-refractivity contribution in [1.29, 1.82) is 0 Å². The van der Waals surface area contributed by atoms with Crippen molar-refractivity contribution in [3.05, 3.63) is 0 Å². The summed E-state index contributed by atoms with van der Waals surface area (Å²) in [5.41, 5.74) is 0. The van der Waals surface area contributed by atoms with Crippen LogP contribution in [0.4, 0.5) is 0 Å². The lowest BCUT2D eigenvalue weighted by atomic mass is 9.94. The molecule has 3 atom stereocenters. The molecule has 0 spiro atoms. The highest BCUT2D eigenvalue weighted by molar-refractivity contribution is 4.84. The highest BCUT2D eigenvalue weighted by Gasteiger charge is 2.26. The Morgan fingerprint density at radius 2 is 2.11 bits per heavy atom. The van der Waals surface area contributed by atoms with E-state index in [2.05, 4.69) is 36.0 Å². The molecule has 0 aromatic carbocycles. The third kappa shape index (κ3) is 3.94. The highest BCUT2D eigenvalue weighted by atomic mass is 15.2. The Balaban J connectivity index is 1.78. The molecule has 18 heavy (non-hydrogen) atoms. The fourth-order valence-electron chi connectivity index (χ4n) is 3.46. The van der Waals surface area contributed by atoms with Gasteiger partial charge in [0.2, 0.25) is 0 Å². The van der Waals surface area contributed by atoms with E-state index in [0.29, 0.717) is 6.04 Å². The molecule has 2 fully saturated rings. The largest absolute Gasteiger partial charge is 0.311 e. The van der Waals surface area contributed by atoms with E-state index < -0.39 is 0 Å². The zero-order valence-corrected chi connectivity index (χ0v) is 12.5. The molecule has 0 saturated carbocycles. The summed E-state index contributed by atoms with van der Waals surface area (Å²) in [4.78, 5) is 5.21. The fraction of sp³-hybridized carbons (Fsp3) is 1.00. The van der Waals surface area contributed by atoms with Crippen LogP contribution in [0.1, 0.15) is 33.1 Å². The van der Waals surface area contributed by atoms with Crippen molar-refractivity contribution in [2.45, 2.75) is 39.2 Å². The molecule has 3 heteroatoms. The van der Waals surface area contributed by atoms with Crippen molar-refractivity contribution < 1.29 is 0 Å². The van der Waals surface area contributed by atoms with Gasteiger partial charge in [0.25, 0.3) is 0 Å². The van der Waals surface area contributed by atoms with Crippen LogP contribution in [0.25, 0.3) is 0 Å². The third-order valence-corrected chi connectivity index (χ3v) is 4.86. The minimum absolute atomic E-state index is 0.713. The molecular weight excluding hydrogens is 222 g/mol. The summed E-state index contributed by atoms with van der Waals surface area (Å²) in [6.07, 6.45) is 4.11. The Bertz CT molecular complexity index is 244. The summed E-state index contributed by atoms with van der Waals surface area (Å²) in [5.74, 6) is 1.71.